The fourth-order valence-electron chi connectivity index (χ4n) is 11.0. The van der Waals surface area contributed by atoms with Gasteiger partial charge in [-0.25, -0.2) is 0 Å². The van der Waals surface area contributed by atoms with E-state index < -0.39 is 6.10 Å². The van der Waals surface area contributed by atoms with E-state index in [0.29, 0.717) is 12.8 Å². The van der Waals surface area contributed by atoms with E-state index in [1.165, 1.54) is 257 Å². The maximum absolute atomic E-state index is 12.4. The van der Waals surface area contributed by atoms with Gasteiger partial charge in [0, 0.05) is 12.8 Å². The van der Waals surface area contributed by atoms with Crippen molar-refractivity contribution in [2.75, 3.05) is 13.2 Å². The van der Waals surface area contributed by atoms with Crippen molar-refractivity contribution in [2.24, 2.45) is 0 Å². The monoisotopic (exact) mass is 1170 g/mol. The molecule has 0 radical (unpaired) electrons. The molecule has 0 aliphatic carbocycles. The van der Waals surface area contributed by atoms with Gasteiger partial charge in [-0.2, -0.15) is 0 Å². The Morgan fingerprint density at radius 3 is 0.714 bits per heavy atom. The summed E-state index contributed by atoms with van der Waals surface area (Å²) in [7, 11) is 0. The zero-order valence-electron chi connectivity index (χ0n) is 55.9. The van der Waals surface area contributed by atoms with Crippen LogP contribution in [0.3, 0.4) is 0 Å². The lowest BCUT2D eigenvalue weighted by Gasteiger charge is -2.15. The third kappa shape index (κ3) is 71.3. The summed E-state index contributed by atoms with van der Waals surface area (Å²) < 4.78 is 10.8. The summed E-state index contributed by atoms with van der Waals surface area (Å²) in [4.78, 5) is 24.7. The summed E-state index contributed by atoms with van der Waals surface area (Å²) in [6.07, 6.45) is 106. The zero-order chi connectivity index (χ0) is 60.5. The van der Waals surface area contributed by atoms with Crippen LogP contribution in [0.4, 0.5) is 0 Å². The van der Waals surface area contributed by atoms with Crippen molar-refractivity contribution < 1.29 is 24.2 Å². The van der Waals surface area contributed by atoms with E-state index in [0.717, 1.165) is 89.9 Å². The SMILES string of the molecule is CC/C=C\C/C=C\C/C=C\C/C=C\CCCCCCCCCCCCCCCCCCCCCCCCC(=O)OCC(CO)OC(=O)CCCCCCCCCCCCCCCCCCCCCCCC/C=C\C/C=C\C/C=C\C/C=C\CC. The van der Waals surface area contributed by atoms with Gasteiger partial charge in [-0.1, -0.05) is 368 Å². The molecular weight excluding hydrogens is 1030 g/mol. The van der Waals surface area contributed by atoms with Crippen LogP contribution in [0.2, 0.25) is 0 Å². The predicted molar refractivity (Wildman–Crippen MR) is 371 cm³/mol. The Hall–Kier alpha value is -3.18. The summed E-state index contributed by atoms with van der Waals surface area (Å²) in [5.74, 6) is -0.571. The Balaban J connectivity index is 3.40. The molecule has 5 heteroatoms. The van der Waals surface area contributed by atoms with Crippen LogP contribution in [0.1, 0.15) is 373 Å². The standard InChI is InChI=1S/C79H140O5/c1-3-5-7-9-11-13-15-17-19-21-23-25-27-29-31-33-35-37-39-41-43-45-47-49-51-53-55-57-59-61-63-65-67-69-71-73-78(81)83-76-77(75-80)84-79(82)74-72-70-68-66-64-62-60-58-56-54-52-50-48-46-44-42-40-38-36-34-32-30-28-26-24-22-20-18-16-14-12-10-8-6-4-2/h5-8,11-14,17-20,23-26,77,80H,3-4,9-10,15-16,21-22,27-76H2,1-2H3/b7-5-,8-6-,13-11-,14-12-,19-17-,20-18-,25-23-,26-24-. The van der Waals surface area contributed by atoms with Crippen molar-refractivity contribution in [3.8, 4) is 0 Å². The molecule has 486 valence electrons. The second-order valence-electron chi connectivity index (χ2n) is 24.6. The molecule has 0 aromatic carbocycles. The van der Waals surface area contributed by atoms with Crippen molar-refractivity contribution in [3.05, 3.63) is 97.2 Å². The first kappa shape index (κ1) is 80.8. The predicted octanol–water partition coefficient (Wildman–Crippen LogP) is 25.8. The second-order valence-corrected chi connectivity index (χ2v) is 24.6. The summed E-state index contributed by atoms with van der Waals surface area (Å²) in [5.41, 5.74) is 0. The lowest BCUT2D eigenvalue weighted by atomic mass is 10.0. The fraction of sp³-hybridized carbons (Fsp3) is 0.772. The van der Waals surface area contributed by atoms with Crippen molar-refractivity contribution in [1.82, 2.24) is 0 Å². The first-order valence-electron chi connectivity index (χ1n) is 36.8. The molecule has 0 saturated heterocycles. The molecule has 0 aromatic rings. The number of allylic oxidation sites excluding steroid dienone is 16. The molecule has 0 aromatic heterocycles. The van der Waals surface area contributed by atoms with Gasteiger partial charge >= 0.3 is 11.9 Å². The zero-order valence-corrected chi connectivity index (χ0v) is 55.9. The third-order valence-electron chi connectivity index (χ3n) is 16.4. The number of carbonyl (C=O) groups is 2. The van der Waals surface area contributed by atoms with Gasteiger partial charge in [-0.05, 0) is 89.9 Å². The molecule has 1 atom stereocenters. The first-order valence-corrected chi connectivity index (χ1v) is 36.8. The average Bonchev–Trinajstić information content (AvgIpc) is 3.50. The molecule has 84 heavy (non-hydrogen) atoms. The molecule has 0 aliphatic heterocycles. The molecule has 0 spiro atoms. The number of esters is 2. The summed E-state index contributed by atoms with van der Waals surface area (Å²) in [6, 6.07) is 0. The second kappa shape index (κ2) is 74.1. The Morgan fingerprint density at radius 1 is 0.274 bits per heavy atom. The van der Waals surface area contributed by atoms with E-state index >= 15 is 0 Å². The van der Waals surface area contributed by atoms with Crippen LogP contribution in [0.15, 0.2) is 97.2 Å². The quantitative estimate of drug-likeness (QED) is 0.0373. The van der Waals surface area contributed by atoms with Crippen LogP contribution in [0, 0.1) is 0 Å². The fourth-order valence-corrected chi connectivity index (χ4v) is 11.0. The molecule has 1 N–H and O–H groups in total. The largest absolute Gasteiger partial charge is 0.462 e. The number of hydrogen-bond acceptors (Lipinski definition) is 5. The van der Waals surface area contributed by atoms with E-state index in [1.807, 2.05) is 0 Å². The lowest BCUT2D eigenvalue weighted by Crippen LogP contribution is -2.28. The highest BCUT2D eigenvalue weighted by Gasteiger charge is 2.16. The summed E-state index contributed by atoms with van der Waals surface area (Å²) in [5, 5.41) is 9.72. The topological polar surface area (TPSA) is 72.8 Å². The van der Waals surface area contributed by atoms with Crippen LogP contribution >= 0.6 is 0 Å². The number of unbranched alkanes of at least 4 members (excludes halogenated alkanes) is 44. The molecule has 5 nitrogen and oxygen atoms in total. The van der Waals surface area contributed by atoms with Crippen molar-refractivity contribution in [1.29, 1.82) is 0 Å². The Morgan fingerprint density at radius 2 is 0.476 bits per heavy atom. The summed E-state index contributed by atoms with van der Waals surface area (Å²) >= 11 is 0. The lowest BCUT2D eigenvalue weighted by molar-refractivity contribution is -0.161. The molecule has 0 heterocycles. The van der Waals surface area contributed by atoms with Crippen LogP contribution in [0.25, 0.3) is 0 Å². The van der Waals surface area contributed by atoms with Gasteiger partial charge in [0.05, 0.1) is 6.61 Å². The van der Waals surface area contributed by atoms with Crippen molar-refractivity contribution in [3.63, 3.8) is 0 Å². The Bertz CT molecular complexity index is 1560. The minimum Gasteiger partial charge on any atom is -0.462 e. The highest BCUT2D eigenvalue weighted by molar-refractivity contribution is 5.70. The third-order valence-corrected chi connectivity index (χ3v) is 16.4. The van der Waals surface area contributed by atoms with Gasteiger partial charge in [0.1, 0.15) is 6.61 Å². The van der Waals surface area contributed by atoms with E-state index in [-0.39, 0.29) is 25.2 Å². The number of rotatable bonds is 68. The van der Waals surface area contributed by atoms with E-state index in [9.17, 15) is 14.7 Å². The molecule has 0 amide bonds. The summed E-state index contributed by atoms with van der Waals surface area (Å²) in [6.45, 7) is 3.96. The van der Waals surface area contributed by atoms with Gasteiger partial charge in [-0.3, -0.25) is 9.59 Å². The first-order chi connectivity index (χ1) is 41.6. The number of aliphatic hydroxyl groups is 1. The normalized spacial score (nSPS) is 12.8. The number of carbonyl (C=O) groups excluding carboxylic acids is 2. The van der Waals surface area contributed by atoms with Gasteiger partial charge in [0.2, 0.25) is 0 Å². The molecule has 1 unspecified atom stereocenters. The highest BCUT2D eigenvalue weighted by atomic mass is 16.6. The number of aliphatic hydroxyl groups excluding tert-OH is 1. The minimum absolute atomic E-state index is 0.0625. The molecule has 0 saturated carbocycles. The maximum atomic E-state index is 12.4. The Kier molecular flexibility index (Phi) is 71.3. The van der Waals surface area contributed by atoms with Crippen molar-refractivity contribution in [2.45, 2.75) is 380 Å². The van der Waals surface area contributed by atoms with Gasteiger partial charge < -0.3 is 14.6 Å². The van der Waals surface area contributed by atoms with Crippen LogP contribution in [-0.4, -0.2) is 36.4 Å². The molecule has 0 bridgehead atoms. The molecule has 0 rings (SSSR count). The van der Waals surface area contributed by atoms with Crippen LogP contribution < -0.4 is 0 Å². The smallest absolute Gasteiger partial charge is 0.306 e. The van der Waals surface area contributed by atoms with Crippen LogP contribution in [0.5, 0.6) is 0 Å². The van der Waals surface area contributed by atoms with Gasteiger partial charge in [-0.15, -0.1) is 0 Å². The number of ether oxygens (including phenoxy) is 2. The Labute approximate surface area is 523 Å². The molecular formula is C79H140O5. The highest BCUT2D eigenvalue weighted by Crippen LogP contribution is 2.19. The van der Waals surface area contributed by atoms with Gasteiger partial charge in [0.25, 0.3) is 0 Å². The maximum Gasteiger partial charge on any atom is 0.306 e. The minimum atomic E-state index is -0.774. The molecule has 0 aliphatic rings. The van der Waals surface area contributed by atoms with E-state index in [2.05, 4.69) is 111 Å². The average molecular weight is 1170 g/mol. The van der Waals surface area contributed by atoms with Crippen LogP contribution in [-0.2, 0) is 19.1 Å². The van der Waals surface area contributed by atoms with E-state index in [4.69, 9.17) is 9.47 Å². The van der Waals surface area contributed by atoms with E-state index in [1.54, 1.807) is 0 Å². The number of hydrogen-bond donors (Lipinski definition) is 1. The van der Waals surface area contributed by atoms with Gasteiger partial charge in [0.15, 0.2) is 6.10 Å². The van der Waals surface area contributed by atoms with Crippen molar-refractivity contribution >= 4 is 11.9 Å². The molecule has 0 fully saturated rings.